The number of benzene rings is 1. The maximum absolute atomic E-state index is 6.35. The zero-order chi connectivity index (χ0) is 12.5. The maximum atomic E-state index is 6.35. The lowest BCUT2D eigenvalue weighted by molar-refractivity contribution is 0.787. The molecule has 3 heteroatoms. The molecule has 1 unspecified atom stereocenters. The fraction of sp³-hybridized carbons (Fsp3) is 0.200. The summed E-state index contributed by atoms with van der Waals surface area (Å²) in [6.45, 7) is 2.22. The first-order valence-electron chi connectivity index (χ1n) is 6.09. The molecule has 18 heavy (non-hydrogen) atoms. The highest BCUT2D eigenvalue weighted by atomic mass is 35.5. The van der Waals surface area contributed by atoms with Gasteiger partial charge in [0.25, 0.3) is 0 Å². The van der Waals surface area contributed by atoms with E-state index < -0.39 is 0 Å². The molecule has 0 spiro atoms. The lowest BCUT2D eigenvalue weighted by Crippen LogP contribution is -1.97. The fourth-order valence-electron chi connectivity index (χ4n) is 2.55. The zero-order valence-electron chi connectivity index (χ0n) is 10.1. The third-order valence-corrected chi connectivity index (χ3v) is 4.43. The SMILES string of the molecule is CCC(c1ccsc1)c1c[nH]c2cccc(Cl)c12. The van der Waals surface area contributed by atoms with Gasteiger partial charge in [0.05, 0.1) is 5.02 Å². The van der Waals surface area contributed by atoms with Gasteiger partial charge in [-0.3, -0.25) is 0 Å². The summed E-state index contributed by atoms with van der Waals surface area (Å²) in [5.41, 5.74) is 3.80. The molecule has 1 atom stereocenters. The molecule has 1 aromatic carbocycles. The molecule has 0 radical (unpaired) electrons. The van der Waals surface area contributed by atoms with E-state index >= 15 is 0 Å². The molecule has 0 fully saturated rings. The number of hydrogen-bond donors (Lipinski definition) is 1. The minimum atomic E-state index is 0.421. The van der Waals surface area contributed by atoms with Gasteiger partial charge in [-0.25, -0.2) is 0 Å². The van der Waals surface area contributed by atoms with Crippen molar-refractivity contribution in [2.45, 2.75) is 19.3 Å². The number of thiophene rings is 1. The van der Waals surface area contributed by atoms with Crippen LogP contribution < -0.4 is 0 Å². The van der Waals surface area contributed by atoms with Crippen LogP contribution in [0.3, 0.4) is 0 Å². The molecule has 0 bridgehead atoms. The van der Waals surface area contributed by atoms with Crippen molar-refractivity contribution in [2.24, 2.45) is 0 Å². The van der Waals surface area contributed by atoms with Crippen LogP contribution in [0.1, 0.15) is 30.4 Å². The van der Waals surface area contributed by atoms with Gasteiger partial charge in [-0.2, -0.15) is 11.3 Å². The summed E-state index contributed by atoms with van der Waals surface area (Å²) in [7, 11) is 0. The van der Waals surface area contributed by atoms with Gasteiger partial charge in [0.2, 0.25) is 0 Å². The summed E-state index contributed by atoms with van der Waals surface area (Å²) in [5.74, 6) is 0.421. The van der Waals surface area contributed by atoms with Crippen LogP contribution in [0.2, 0.25) is 5.02 Å². The van der Waals surface area contributed by atoms with E-state index in [1.807, 2.05) is 12.1 Å². The molecule has 0 saturated heterocycles. The molecule has 0 aliphatic heterocycles. The molecule has 3 rings (SSSR count). The molecule has 92 valence electrons. The predicted molar refractivity (Wildman–Crippen MR) is 79.8 cm³/mol. The molecule has 0 amide bonds. The number of fused-ring (bicyclic) bond motifs is 1. The Bertz CT molecular complexity index is 654. The van der Waals surface area contributed by atoms with Crippen molar-refractivity contribution in [3.05, 3.63) is 57.4 Å². The zero-order valence-corrected chi connectivity index (χ0v) is 11.7. The second kappa shape index (κ2) is 4.79. The average molecular weight is 276 g/mol. The van der Waals surface area contributed by atoms with Crippen molar-refractivity contribution in [1.82, 2.24) is 4.98 Å². The molecule has 3 aromatic rings. The van der Waals surface area contributed by atoms with Crippen molar-refractivity contribution in [1.29, 1.82) is 0 Å². The standard InChI is InChI=1S/C15H14ClNS/c1-2-11(10-6-7-18-9-10)12-8-17-14-5-3-4-13(16)15(12)14/h3-9,11,17H,2H2,1H3. The number of nitrogens with one attached hydrogen (secondary N) is 1. The maximum Gasteiger partial charge on any atom is 0.0502 e. The van der Waals surface area contributed by atoms with Crippen LogP contribution in [-0.2, 0) is 0 Å². The van der Waals surface area contributed by atoms with E-state index in [4.69, 9.17) is 11.6 Å². The number of hydrogen-bond acceptors (Lipinski definition) is 1. The highest BCUT2D eigenvalue weighted by Crippen LogP contribution is 2.37. The quantitative estimate of drug-likeness (QED) is 0.656. The molecule has 0 aliphatic carbocycles. The minimum Gasteiger partial charge on any atom is -0.361 e. The van der Waals surface area contributed by atoms with Crippen LogP contribution in [-0.4, -0.2) is 4.98 Å². The lowest BCUT2D eigenvalue weighted by atomic mass is 9.91. The van der Waals surface area contributed by atoms with Crippen LogP contribution in [0.25, 0.3) is 10.9 Å². The largest absolute Gasteiger partial charge is 0.361 e. The molecule has 0 aliphatic rings. The van der Waals surface area contributed by atoms with Crippen LogP contribution in [0.15, 0.2) is 41.2 Å². The van der Waals surface area contributed by atoms with Crippen molar-refractivity contribution in [3.63, 3.8) is 0 Å². The summed E-state index contributed by atoms with van der Waals surface area (Å²) in [6, 6.07) is 8.22. The van der Waals surface area contributed by atoms with Gasteiger partial charge in [-0.1, -0.05) is 24.6 Å². The molecule has 0 saturated carbocycles. The number of aromatic nitrogens is 1. The summed E-state index contributed by atoms with van der Waals surface area (Å²) < 4.78 is 0. The summed E-state index contributed by atoms with van der Waals surface area (Å²) in [4.78, 5) is 3.32. The summed E-state index contributed by atoms with van der Waals surface area (Å²) in [5, 5.41) is 6.35. The highest BCUT2D eigenvalue weighted by molar-refractivity contribution is 7.08. The topological polar surface area (TPSA) is 15.8 Å². The number of H-pyrrole nitrogens is 1. The molecule has 2 aromatic heterocycles. The van der Waals surface area contributed by atoms with Gasteiger partial charge in [0.1, 0.15) is 0 Å². The predicted octanol–water partition coefficient (Wildman–Crippen LogP) is 5.42. The van der Waals surface area contributed by atoms with E-state index in [9.17, 15) is 0 Å². The molecule has 2 heterocycles. The highest BCUT2D eigenvalue weighted by Gasteiger charge is 2.18. The van der Waals surface area contributed by atoms with Crippen molar-refractivity contribution in [3.8, 4) is 0 Å². The van der Waals surface area contributed by atoms with Gasteiger partial charge in [0.15, 0.2) is 0 Å². The smallest absolute Gasteiger partial charge is 0.0502 e. The first-order valence-corrected chi connectivity index (χ1v) is 7.41. The molecule has 1 nitrogen and oxygen atoms in total. The second-order valence-electron chi connectivity index (χ2n) is 4.42. The lowest BCUT2D eigenvalue weighted by Gasteiger charge is -2.13. The second-order valence-corrected chi connectivity index (χ2v) is 5.61. The Morgan fingerprint density at radius 1 is 1.33 bits per heavy atom. The Hall–Kier alpha value is -1.25. The first-order chi connectivity index (χ1) is 8.81. The van der Waals surface area contributed by atoms with Crippen LogP contribution in [0.5, 0.6) is 0 Å². The normalized spacial score (nSPS) is 13.0. The van der Waals surface area contributed by atoms with Crippen molar-refractivity contribution < 1.29 is 0 Å². The van der Waals surface area contributed by atoms with Gasteiger partial charge >= 0.3 is 0 Å². The number of rotatable bonds is 3. The molecular weight excluding hydrogens is 262 g/mol. The van der Waals surface area contributed by atoms with Crippen molar-refractivity contribution >= 4 is 33.8 Å². The number of halogens is 1. The van der Waals surface area contributed by atoms with Gasteiger partial charge in [-0.15, -0.1) is 0 Å². The van der Waals surface area contributed by atoms with E-state index in [1.165, 1.54) is 11.1 Å². The molecule has 1 N–H and O–H groups in total. The van der Waals surface area contributed by atoms with E-state index in [1.54, 1.807) is 11.3 Å². The summed E-state index contributed by atoms with van der Waals surface area (Å²) in [6.07, 6.45) is 3.18. The van der Waals surface area contributed by atoms with Crippen LogP contribution in [0, 0.1) is 0 Å². The third-order valence-electron chi connectivity index (χ3n) is 3.41. The Morgan fingerprint density at radius 3 is 2.94 bits per heavy atom. The molecular formula is C15H14ClNS. The van der Waals surface area contributed by atoms with Gasteiger partial charge < -0.3 is 4.98 Å². The minimum absolute atomic E-state index is 0.421. The summed E-state index contributed by atoms with van der Waals surface area (Å²) >= 11 is 8.10. The number of aromatic amines is 1. The van der Waals surface area contributed by atoms with Crippen LogP contribution in [0.4, 0.5) is 0 Å². The average Bonchev–Trinajstić information content (AvgIpc) is 3.01. The van der Waals surface area contributed by atoms with Crippen molar-refractivity contribution in [2.75, 3.05) is 0 Å². The van der Waals surface area contributed by atoms with E-state index in [2.05, 4.69) is 41.0 Å². The van der Waals surface area contributed by atoms with E-state index in [-0.39, 0.29) is 0 Å². The van der Waals surface area contributed by atoms with Gasteiger partial charge in [0, 0.05) is 23.0 Å². The van der Waals surface area contributed by atoms with Gasteiger partial charge in [-0.05, 0) is 46.5 Å². The Kier molecular flexibility index (Phi) is 3.14. The Labute approximate surface area is 115 Å². The first kappa shape index (κ1) is 11.8. The fourth-order valence-corrected chi connectivity index (χ4v) is 3.55. The monoisotopic (exact) mass is 275 g/mol. The van der Waals surface area contributed by atoms with E-state index in [0.29, 0.717) is 5.92 Å². The Morgan fingerprint density at radius 2 is 2.22 bits per heavy atom. The van der Waals surface area contributed by atoms with E-state index in [0.717, 1.165) is 22.3 Å². The third kappa shape index (κ3) is 1.86. The van der Waals surface area contributed by atoms with Crippen LogP contribution >= 0.6 is 22.9 Å². The Balaban J connectivity index is 2.19.